The summed E-state index contributed by atoms with van der Waals surface area (Å²) in [4.78, 5) is 4.60. The van der Waals surface area contributed by atoms with Gasteiger partial charge < -0.3 is 0 Å². The molecule has 0 N–H and O–H groups in total. The van der Waals surface area contributed by atoms with E-state index in [1.165, 1.54) is 0 Å². The molecule has 0 saturated heterocycles. The van der Waals surface area contributed by atoms with E-state index in [4.69, 9.17) is 0 Å². The van der Waals surface area contributed by atoms with Gasteiger partial charge in [0.05, 0.1) is 21.2 Å². The van der Waals surface area contributed by atoms with Crippen molar-refractivity contribution < 1.29 is 4.57 Å². The van der Waals surface area contributed by atoms with E-state index in [1.54, 1.807) is 11.3 Å². The van der Waals surface area contributed by atoms with E-state index in [0.717, 1.165) is 31.7 Å². The number of allylic oxidation sites excluding steroid dienone is 1. The van der Waals surface area contributed by atoms with Gasteiger partial charge in [-0.3, -0.25) is 0 Å². The smallest absolute Gasteiger partial charge is 0.212 e. The van der Waals surface area contributed by atoms with Crippen molar-refractivity contribution in [3.63, 3.8) is 0 Å². The van der Waals surface area contributed by atoms with Crippen LogP contribution in [0.5, 0.6) is 0 Å². The number of nitrogens with zero attached hydrogens (tertiary/aromatic N) is 3. The first-order valence-electron chi connectivity index (χ1n) is 7.61. The SMILES string of the molecule is C[n+]1ccc(/C=C(\C#N)c2nc3ccccc3s2)c2ccccc21. The van der Waals surface area contributed by atoms with E-state index >= 15 is 0 Å². The predicted octanol–water partition coefficient (Wildman–Crippen LogP) is 4.34. The minimum Gasteiger partial charge on any atom is -0.235 e. The molecule has 0 bridgehead atoms. The number of aromatic nitrogens is 2. The van der Waals surface area contributed by atoms with Crippen LogP contribution in [0.15, 0.2) is 60.8 Å². The van der Waals surface area contributed by atoms with Crippen LogP contribution in [-0.2, 0) is 7.05 Å². The lowest BCUT2D eigenvalue weighted by molar-refractivity contribution is -0.644. The Morgan fingerprint density at radius 3 is 2.75 bits per heavy atom. The lowest BCUT2D eigenvalue weighted by Gasteiger charge is -2.01. The van der Waals surface area contributed by atoms with Gasteiger partial charge in [-0.15, -0.1) is 11.3 Å². The molecule has 0 atom stereocenters. The molecular formula is C20H14N3S+. The summed E-state index contributed by atoms with van der Waals surface area (Å²) >= 11 is 1.55. The highest BCUT2D eigenvalue weighted by Crippen LogP contribution is 2.29. The number of hydrogen-bond donors (Lipinski definition) is 0. The number of benzene rings is 2. The molecule has 0 radical (unpaired) electrons. The molecule has 0 aliphatic heterocycles. The maximum Gasteiger partial charge on any atom is 0.212 e. The highest BCUT2D eigenvalue weighted by Gasteiger charge is 2.12. The number of aryl methyl sites for hydroxylation is 1. The van der Waals surface area contributed by atoms with Gasteiger partial charge in [0, 0.05) is 12.1 Å². The highest BCUT2D eigenvalue weighted by molar-refractivity contribution is 7.19. The Bertz CT molecular complexity index is 1100. The van der Waals surface area contributed by atoms with Crippen LogP contribution < -0.4 is 4.57 Å². The van der Waals surface area contributed by atoms with Crippen molar-refractivity contribution in [1.29, 1.82) is 5.26 Å². The Hall–Kier alpha value is -3.03. The Morgan fingerprint density at radius 2 is 1.92 bits per heavy atom. The summed E-state index contributed by atoms with van der Waals surface area (Å²) in [5, 5.41) is 11.5. The second-order valence-electron chi connectivity index (χ2n) is 5.56. The molecular weight excluding hydrogens is 314 g/mol. The number of nitriles is 1. The van der Waals surface area contributed by atoms with E-state index in [0.29, 0.717) is 5.57 Å². The standard InChI is InChI=1S/C20H14N3S/c1-23-11-10-14(16-6-2-4-8-18(16)23)12-15(13-21)20-22-17-7-3-5-9-19(17)24-20/h2-12H,1H3/q+1/b15-12+. The first kappa shape index (κ1) is 14.6. The fourth-order valence-electron chi connectivity index (χ4n) is 2.80. The Balaban J connectivity index is 1.90. The quantitative estimate of drug-likeness (QED) is 0.406. The van der Waals surface area contributed by atoms with Crippen molar-refractivity contribution in [1.82, 2.24) is 4.98 Å². The molecule has 0 fully saturated rings. The lowest BCUT2D eigenvalue weighted by Crippen LogP contribution is -2.28. The van der Waals surface area contributed by atoms with Crippen LogP contribution >= 0.6 is 11.3 Å². The molecule has 0 amide bonds. The summed E-state index contributed by atoms with van der Waals surface area (Å²) in [6, 6.07) is 20.5. The van der Waals surface area contributed by atoms with E-state index < -0.39 is 0 Å². The fraction of sp³-hybridized carbons (Fsp3) is 0.0500. The monoisotopic (exact) mass is 328 g/mol. The van der Waals surface area contributed by atoms with Crippen molar-refractivity contribution in [2.75, 3.05) is 0 Å². The number of hydrogen-bond acceptors (Lipinski definition) is 3. The van der Waals surface area contributed by atoms with E-state index in [2.05, 4.69) is 27.8 Å². The summed E-state index contributed by atoms with van der Waals surface area (Å²) in [5.41, 5.74) is 3.69. The highest BCUT2D eigenvalue weighted by atomic mass is 32.1. The average Bonchev–Trinajstić information content (AvgIpc) is 3.05. The van der Waals surface area contributed by atoms with Crippen molar-refractivity contribution in [3.8, 4) is 6.07 Å². The minimum atomic E-state index is 0.593. The summed E-state index contributed by atoms with van der Waals surface area (Å²) in [7, 11) is 2.02. The maximum absolute atomic E-state index is 9.64. The van der Waals surface area contributed by atoms with Crippen LogP contribution in [0.4, 0.5) is 0 Å². The van der Waals surface area contributed by atoms with E-state index in [9.17, 15) is 5.26 Å². The van der Waals surface area contributed by atoms with Crippen LogP contribution in [0.3, 0.4) is 0 Å². The number of fused-ring (bicyclic) bond motifs is 2. The summed E-state index contributed by atoms with van der Waals surface area (Å²) in [6.07, 6.45) is 3.95. The third-order valence-corrected chi connectivity index (χ3v) is 5.09. The Kier molecular flexibility index (Phi) is 3.56. The first-order chi connectivity index (χ1) is 11.8. The Morgan fingerprint density at radius 1 is 1.12 bits per heavy atom. The van der Waals surface area contributed by atoms with Crippen molar-refractivity contribution in [3.05, 3.63) is 71.4 Å². The van der Waals surface area contributed by atoms with Gasteiger partial charge in [-0.25, -0.2) is 9.55 Å². The number of pyridine rings is 1. The second kappa shape index (κ2) is 5.88. The van der Waals surface area contributed by atoms with Crippen LogP contribution in [0, 0.1) is 11.3 Å². The van der Waals surface area contributed by atoms with Gasteiger partial charge in [-0.2, -0.15) is 5.26 Å². The molecule has 2 aromatic heterocycles. The maximum atomic E-state index is 9.64. The van der Waals surface area contributed by atoms with Crippen LogP contribution in [-0.4, -0.2) is 4.98 Å². The molecule has 2 aromatic carbocycles. The van der Waals surface area contributed by atoms with Crippen molar-refractivity contribution in [2.24, 2.45) is 7.05 Å². The normalized spacial score (nSPS) is 11.8. The van der Waals surface area contributed by atoms with Gasteiger partial charge in [0.1, 0.15) is 18.1 Å². The van der Waals surface area contributed by atoms with E-state index in [1.807, 2.05) is 61.8 Å². The number of para-hydroxylation sites is 2. The average molecular weight is 328 g/mol. The molecule has 24 heavy (non-hydrogen) atoms. The van der Waals surface area contributed by atoms with E-state index in [-0.39, 0.29) is 0 Å². The molecule has 0 saturated carbocycles. The van der Waals surface area contributed by atoms with Gasteiger partial charge in [-0.1, -0.05) is 24.3 Å². The summed E-state index contributed by atoms with van der Waals surface area (Å²) < 4.78 is 3.18. The van der Waals surface area contributed by atoms with Crippen molar-refractivity contribution in [2.45, 2.75) is 0 Å². The zero-order chi connectivity index (χ0) is 16.5. The topological polar surface area (TPSA) is 40.6 Å². The molecule has 0 aliphatic carbocycles. The molecule has 4 aromatic rings. The van der Waals surface area contributed by atoms with Gasteiger partial charge in [0.15, 0.2) is 6.20 Å². The van der Waals surface area contributed by atoms with Gasteiger partial charge in [0.25, 0.3) is 0 Å². The van der Waals surface area contributed by atoms with Gasteiger partial charge >= 0.3 is 0 Å². The molecule has 0 unspecified atom stereocenters. The minimum absolute atomic E-state index is 0.593. The molecule has 4 heteroatoms. The third kappa shape index (κ3) is 2.45. The van der Waals surface area contributed by atoms with Crippen LogP contribution in [0.1, 0.15) is 10.6 Å². The summed E-state index contributed by atoms with van der Waals surface area (Å²) in [6.45, 7) is 0. The lowest BCUT2D eigenvalue weighted by atomic mass is 10.1. The molecule has 0 aliphatic rings. The van der Waals surface area contributed by atoms with Gasteiger partial charge in [0.2, 0.25) is 5.52 Å². The molecule has 114 valence electrons. The summed E-state index contributed by atoms with van der Waals surface area (Å²) in [5.74, 6) is 0. The fourth-order valence-corrected chi connectivity index (χ4v) is 3.73. The van der Waals surface area contributed by atoms with Crippen molar-refractivity contribution >= 4 is 44.1 Å². The number of thiazole rings is 1. The van der Waals surface area contributed by atoms with Gasteiger partial charge in [-0.05, 0) is 29.8 Å². The largest absolute Gasteiger partial charge is 0.235 e. The van der Waals surface area contributed by atoms with Crippen LogP contribution in [0.2, 0.25) is 0 Å². The Labute approximate surface area is 143 Å². The molecule has 2 heterocycles. The zero-order valence-electron chi connectivity index (χ0n) is 13.1. The number of rotatable bonds is 2. The first-order valence-corrected chi connectivity index (χ1v) is 8.43. The molecule has 4 rings (SSSR count). The predicted molar refractivity (Wildman–Crippen MR) is 98.2 cm³/mol. The zero-order valence-corrected chi connectivity index (χ0v) is 13.9. The second-order valence-corrected chi connectivity index (χ2v) is 6.59. The van der Waals surface area contributed by atoms with Crippen LogP contribution in [0.25, 0.3) is 32.8 Å². The molecule has 3 nitrogen and oxygen atoms in total. The third-order valence-electron chi connectivity index (χ3n) is 4.02. The molecule has 0 spiro atoms.